The van der Waals surface area contributed by atoms with Crippen LogP contribution in [0.4, 0.5) is 11.4 Å². The summed E-state index contributed by atoms with van der Waals surface area (Å²) in [6, 6.07) is 13.9. The molecule has 0 spiro atoms. The molecular weight excluding hydrogens is 318 g/mol. The van der Waals surface area contributed by atoms with Gasteiger partial charge in [-0.25, -0.2) is 0 Å². The smallest absolute Gasteiger partial charge is 0.258 e. The second kappa shape index (κ2) is 6.60. The van der Waals surface area contributed by atoms with Crippen LogP contribution in [-0.4, -0.2) is 16.4 Å². The molecule has 2 N–H and O–H groups in total. The van der Waals surface area contributed by atoms with Crippen LogP contribution in [0.25, 0.3) is 10.8 Å². The third-order valence-electron chi connectivity index (χ3n) is 3.78. The summed E-state index contributed by atoms with van der Waals surface area (Å²) in [5, 5.41) is 6.56. The molecule has 25 heavy (non-hydrogen) atoms. The Morgan fingerprint density at radius 2 is 1.56 bits per heavy atom. The topological polar surface area (TPSA) is 80.2 Å². The Hall–Kier alpha value is -3.41. The Bertz CT molecular complexity index is 1040. The average molecular weight is 335 g/mol. The van der Waals surface area contributed by atoms with Crippen molar-refractivity contribution in [2.45, 2.75) is 6.92 Å². The minimum absolute atomic E-state index is 0.153. The van der Waals surface area contributed by atoms with Crippen LogP contribution < -0.4 is 16.2 Å². The van der Waals surface area contributed by atoms with Gasteiger partial charge in [-0.1, -0.05) is 24.3 Å². The number of carbonyl (C=O) groups excluding carboxylic acids is 2. The molecule has 6 nitrogen and oxygen atoms in total. The number of rotatable bonds is 3. The zero-order valence-electron chi connectivity index (χ0n) is 13.9. The van der Waals surface area contributed by atoms with Gasteiger partial charge in [0.25, 0.3) is 11.5 Å². The molecule has 0 aliphatic rings. The fourth-order valence-corrected chi connectivity index (χ4v) is 2.67. The standard InChI is InChI=1S/C19H17N3O3/c1-12(23)20-13-6-5-7-14(10-13)21-18(24)17-11-22(2)19(25)16-9-4-3-8-15(16)17/h3-11H,1-2H3,(H,20,23)(H,21,24). The fraction of sp³-hybridized carbons (Fsp3) is 0.105. The first-order valence-corrected chi connectivity index (χ1v) is 7.73. The zero-order chi connectivity index (χ0) is 18.0. The molecule has 0 atom stereocenters. The van der Waals surface area contributed by atoms with Crippen molar-refractivity contribution < 1.29 is 9.59 Å². The largest absolute Gasteiger partial charge is 0.326 e. The number of fused-ring (bicyclic) bond motifs is 1. The summed E-state index contributed by atoms with van der Waals surface area (Å²) in [6.45, 7) is 1.42. The van der Waals surface area contributed by atoms with Crippen molar-refractivity contribution in [1.82, 2.24) is 4.57 Å². The van der Waals surface area contributed by atoms with Crippen molar-refractivity contribution in [1.29, 1.82) is 0 Å². The molecule has 0 fully saturated rings. The van der Waals surface area contributed by atoms with E-state index in [1.807, 2.05) is 0 Å². The second-order valence-corrected chi connectivity index (χ2v) is 5.72. The predicted molar refractivity (Wildman–Crippen MR) is 97.9 cm³/mol. The van der Waals surface area contributed by atoms with E-state index in [1.54, 1.807) is 55.6 Å². The number of nitrogens with zero attached hydrogens (tertiary/aromatic N) is 1. The highest BCUT2D eigenvalue weighted by molar-refractivity contribution is 6.12. The third kappa shape index (κ3) is 3.42. The minimum Gasteiger partial charge on any atom is -0.326 e. The summed E-state index contributed by atoms with van der Waals surface area (Å²) in [6.07, 6.45) is 1.53. The molecule has 0 aliphatic heterocycles. The van der Waals surface area contributed by atoms with Crippen LogP contribution in [0.5, 0.6) is 0 Å². The summed E-state index contributed by atoms with van der Waals surface area (Å²) in [5.41, 5.74) is 1.40. The van der Waals surface area contributed by atoms with Crippen LogP contribution in [0.15, 0.2) is 59.5 Å². The first-order valence-electron chi connectivity index (χ1n) is 7.73. The van der Waals surface area contributed by atoms with Gasteiger partial charge < -0.3 is 15.2 Å². The third-order valence-corrected chi connectivity index (χ3v) is 3.78. The van der Waals surface area contributed by atoms with Gasteiger partial charge in [0, 0.05) is 42.3 Å². The second-order valence-electron chi connectivity index (χ2n) is 5.72. The molecular formula is C19H17N3O3. The predicted octanol–water partition coefficient (Wildman–Crippen LogP) is 2.75. The highest BCUT2D eigenvalue weighted by atomic mass is 16.2. The number of hydrogen-bond acceptors (Lipinski definition) is 3. The molecule has 0 aliphatic carbocycles. The molecule has 2 aromatic carbocycles. The van der Waals surface area contributed by atoms with Gasteiger partial charge >= 0.3 is 0 Å². The van der Waals surface area contributed by atoms with Gasteiger partial charge in [-0.15, -0.1) is 0 Å². The Morgan fingerprint density at radius 1 is 0.920 bits per heavy atom. The maximum Gasteiger partial charge on any atom is 0.258 e. The van der Waals surface area contributed by atoms with Crippen LogP contribution in [0, 0.1) is 0 Å². The molecule has 1 aromatic heterocycles. The van der Waals surface area contributed by atoms with E-state index in [0.29, 0.717) is 27.7 Å². The monoisotopic (exact) mass is 335 g/mol. The number of amides is 2. The van der Waals surface area contributed by atoms with E-state index in [-0.39, 0.29) is 17.4 Å². The van der Waals surface area contributed by atoms with E-state index in [1.165, 1.54) is 17.7 Å². The van der Waals surface area contributed by atoms with Crippen LogP contribution in [0.1, 0.15) is 17.3 Å². The zero-order valence-corrected chi connectivity index (χ0v) is 13.9. The lowest BCUT2D eigenvalue weighted by molar-refractivity contribution is -0.114. The van der Waals surface area contributed by atoms with E-state index in [2.05, 4.69) is 10.6 Å². The maximum absolute atomic E-state index is 12.7. The summed E-state index contributed by atoms with van der Waals surface area (Å²) >= 11 is 0. The molecule has 0 radical (unpaired) electrons. The van der Waals surface area contributed by atoms with Crippen LogP contribution in [-0.2, 0) is 11.8 Å². The Balaban J connectivity index is 1.97. The maximum atomic E-state index is 12.7. The van der Waals surface area contributed by atoms with Gasteiger partial charge in [0.15, 0.2) is 0 Å². The number of benzene rings is 2. The van der Waals surface area contributed by atoms with Gasteiger partial charge in [-0.3, -0.25) is 14.4 Å². The normalized spacial score (nSPS) is 10.5. The SMILES string of the molecule is CC(=O)Nc1cccc(NC(=O)c2cn(C)c(=O)c3ccccc23)c1. The van der Waals surface area contributed by atoms with E-state index in [9.17, 15) is 14.4 Å². The van der Waals surface area contributed by atoms with Gasteiger partial charge in [-0.05, 0) is 24.3 Å². The molecule has 3 rings (SSSR count). The van der Waals surface area contributed by atoms with E-state index in [4.69, 9.17) is 0 Å². The van der Waals surface area contributed by atoms with E-state index >= 15 is 0 Å². The molecule has 6 heteroatoms. The molecule has 126 valence electrons. The van der Waals surface area contributed by atoms with Crippen molar-refractivity contribution in [3.8, 4) is 0 Å². The number of nitrogens with one attached hydrogen (secondary N) is 2. The van der Waals surface area contributed by atoms with Crippen molar-refractivity contribution in [3.63, 3.8) is 0 Å². The van der Waals surface area contributed by atoms with Crippen LogP contribution in [0.2, 0.25) is 0 Å². The van der Waals surface area contributed by atoms with Gasteiger partial charge in [0.1, 0.15) is 0 Å². The van der Waals surface area contributed by atoms with E-state index in [0.717, 1.165) is 0 Å². The first kappa shape index (κ1) is 16.4. The Morgan fingerprint density at radius 3 is 2.24 bits per heavy atom. The number of aryl methyl sites for hydroxylation is 1. The molecule has 1 heterocycles. The highest BCUT2D eigenvalue weighted by Gasteiger charge is 2.14. The van der Waals surface area contributed by atoms with Crippen molar-refractivity contribution in [2.24, 2.45) is 7.05 Å². The lowest BCUT2D eigenvalue weighted by Gasteiger charge is -2.11. The van der Waals surface area contributed by atoms with Crippen molar-refractivity contribution in [3.05, 3.63) is 70.6 Å². The summed E-state index contributed by atoms with van der Waals surface area (Å²) in [5.74, 6) is -0.515. The average Bonchev–Trinajstić information content (AvgIpc) is 2.58. The summed E-state index contributed by atoms with van der Waals surface area (Å²) < 4.78 is 1.39. The highest BCUT2D eigenvalue weighted by Crippen LogP contribution is 2.19. The van der Waals surface area contributed by atoms with Gasteiger partial charge in [0.05, 0.1) is 5.56 Å². The van der Waals surface area contributed by atoms with Crippen molar-refractivity contribution in [2.75, 3.05) is 10.6 Å². The Labute approximate surface area is 144 Å². The van der Waals surface area contributed by atoms with Crippen LogP contribution >= 0.6 is 0 Å². The van der Waals surface area contributed by atoms with Crippen molar-refractivity contribution >= 4 is 34.0 Å². The van der Waals surface area contributed by atoms with Crippen LogP contribution in [0.3, 0.4) is 0 Å². The molecule has 0 bridgehead atoms. The first-order chi connectivity index (χ1) is 12.0. The van der Waals surface area contributed by atoms with Gasteiger partial charge in [0.2, 0.25) is 5.91 Å². The molecule has 0 unspecified atom stereocenters. The lowest BCUT2D eigenvalue weighted by Crippen LogP contribution is -2.21. The molecule has 2 amide bonds. The van der Waals surface area contributed by atoms with Gasteiger partial charge in [-0.2, -0.15) is 0 Å². The fourth-order valence-electron chi connectivity index (χ4n) is 2.67. The summed E-state index contributed by atoms with van der Waals surface area (Å²) in [7, 11) is 1.61. The van der Waals surface area contributed by atoms with E-state index < -0.39 is 0 Å². The summed E-state index contributed by atoms with van der Waals surface area (Å²) in [4.78, 5) is 36.1. The number of aromatic nitrogens is 1. The number of hydrogen-bond donors (Lipinski definition) is 2. The minimum atomic E-state index is -0.327. The molecule has 0 saturated heterocycles. The Kier molecular flexibility index (Phi) is 4.35. The lowest BCUT2D eigenvalue weighted by atomic mass is 10.1. The quantitative estimate of drug-likeness (QED) is 0.772. The molecule has 3 aromatic rings. The number of carbonyl (C=O) groups is 2. The number of pyridine rings is 1. The molecule has 0 saturated carbocycles. The number of anilines is 2.